The fourth-order valence-electron chi connectivity index (χ4n) is 4.62. The van der Waals surface area contributed by atoms with Crippen molar-refractivity contribution in [2.24, 2.45) is 0 Å². The van der Waals surface area contributed by atoms with E-state index in [1.165, 1.54) is 38.5 Å². The molecule has 150 valence electrons. The largest absolute Gasteiger partial charge is 0.497 e. The molecule has 2 aliphatic rings. The highest BCUT2D eigenvalue weighted by Crippen LogP contribution is 2.39. The van der Waals surface area contributed by atoms with Crippen molar-refractivity contribution in [1.29, 1.82) is 0 Å². The summed E-state index contributed by atoms with van der Waals surface area (Å²) in [5.74, 6) is 1.87. The van der Waals surface area contributed by atoms with Gasteiger partial charge in [-0.05, 0) is 50.9 Å². The molecule has 1 unspecified atom stereocenters. The first-order valence-electron chi connectivity index (χ1n) is 10.4. The second kappa shape index (κ2) is 9.45. The second-order valence-corrected chi connectivity index (χ2v) is 7.91. The number of methoxy groups -OCH3 is 2. The Bertz CT molecular complexity index is 626. The number of amides is 1. The van der Waals surface area contributed by atoms with Crippen molar-refractivity contribution in [1.82, 2.24) is 9.80 Å². The number of likely N-dealkylation sites (tertiary alicyclic amines) is 1. The van der Waals surface area contributed by atoms with Crippen molar-refractivity contribution in [2.45, 2.75) is 63.5 Å². The van der Waals surface area contributed by atoms with Crippen molar-refractivity contribution in [3.05, 3.63) is 23.8 Å². The Hall–Kier alpha value is -1.75. The number of likely N-dealkylation sites (N-methyl/N-ethyl adjacent to an activating group) is 1. The molecule has 0 N–H and O–H groups in total. The molecule has 0 bridgehead atoms. The molecule has 0 radical (unpaired) electrons. The Balaban J connectivity index is 1.71. The smallest absolute Gasteiger partial charge is 0.237 e. The van der Waals surface area contributed by atoms with Crippen LogP contribution in [0, 0.1) is 0 Å². The highest BCUT2D eigenvalue weighted by atomic mass is 16.5. The van der Waals surface area contributed by atoms with Crippen LogP contribution in [0.1, 0.15) is 63.0 Å². The molecule has 1 aliphatic heterocycles. The highest BCUT2D eigenvalue weighted by molar-refractivity contribution is 5.79. The lowest BCUT2D eigenvalue weighted by atomic mass is 10.0. The second-order valence-electron chi connectivity index (χ2n) is 7.91. The number of nitrogens with zero attached hydrogens (tertiary/aromatic N) is 2. The van der Waals surface area contributed by atoms with Crippen molar-refractivity contribution in [3.8, 4) is 11.5 Å². The summed E-state index contributed by atoms with van der Waals surface area (Å²) in [6.07, 6.45) is 9.69. The van der Waals surface area contributed by atoms with Crippen LogP contribution in [-0.2, 0) is 4.79 Å². The number of hydrogen-bond donors (Lipinski definition) is 0. The zero-order valence-electron chi connectivity index (χ0n) is 17.1. The third-order valence-electron chi connectivity index (χ3n) is 6.20. The predicted molar refractivity (Wildman–Crippen MR) is 107 cm³/mol. The van der Waals surface area contributed by atoms with E-state index in [-0.39, 0.29) is 11.9 Å². The molecule has 1 aromatic carbocycles. The zero-order valence-corrected chi connectivity index (χ0v) is 17.1. The van der Waals surface area contributed by atoms with Gasteiger partial charge in [-0.2, -0.15) is 0 Å². The van der Waals surface area contributed by atoms with Crippen LogP contribution in [0.4, 0.5) is 0 Å². The van der Waals surface area contributed by atoms with Gasteiger partial charge >= 0.3 is 0 Å². The van der Waals surface area contributed by atoms with Gasteiger partial charge in [0.25, 0.3) is 0 Å². The fourth-order valence-corrected chi connectivity index (χ4v) is 4.62. The van der Waals surface area contributed by atoms with E-state index in [1.54, 1.807) is 14.2 Å². The number of hydrogen-bond acceptors (Lipinski definition) is 4. The molecule has 5 nitrogen and oxygen atoms in total. The molecular formula is C22H34N2O3. The van der Waals surface area contributed by atoms with E-state index in [2.05, 4.69) is 11.9 Å². The lowest BCUT2D eigenvalue weighted by Gasteiger charge is -2.31. The van der Waals surface area contributed by atoms with Crippen LogP contribution in [-0.4, -0.2) is 56.1 Å². The number of carbonyl (C=O) groups excluding carboxylic acids is 1. The van der Waals surface area contributed by atoms with Gasteiger partial charge in [-0.1, -0.05) is 25.7 Å². The Morgan fingerprint density at radius 3 is 2.48 bits per heavy atom. The average molecular weight is 375 g/mol. The molecular weight excluding hydrogens is 340 g/mol. The number of rotatable bonds is 6. The van der Waals surface area contributed by atoms with E-state index in [1.807, 2.05) is 23.1 Å². The molecule has 0 aromatic heterocycles. The van der Waals surface area contributed by atoms with Crippen molar-refractivity contribution in [2.75, 3.05) is 34.4 Å². The summed E-state index contributed by atoms with van der Waals surface area (Å²) in [4.78, 5) is 17.5. The molecule has 1 atom stereocenters. The first-order chi connectivity index (χ1) is 13.1. The van der Waals surface area contributed by atoms with Gasteiger partial charge < -0.3 is 14.4 Å². The van der Waals surface area contributed by atoms with Crippen LogP contribution in [0.3, 0.4) is 0 Å². The molecule has 0 spiro atoms. The molecule has 27 heavy (non-hydrogen) atoms. The number of ether oxygens (including phenoxy) is 2. The van der Waals surface area contributed by atoms with Crippen LogP contribution >= 0.6 is 0 Å². The molecule has 1 saturated heterocycles. The quantitative estimate of drug-likeness (QED) is 0.705. The summed E-state index contributed by atoms with van der Waals surface area (Å²) < 4.78 is 11.0. The maximum atomic E-state index is 13.1. The Morgan fingerprint density at radius 2 is 1.81 bits per heavy atom. The summed E-state index contributed by atoms with van der Waals surface area (Å²) >= 11 is 0. The van der Waals surface area contributed by atoms with Gasteiger partial charge in [0.1, 0.15) is 11.5 Å². The minimum absolute atomic E-state index is 0.0742. The minimum Gasteiger partial charge on any atom is -0.497 e. The molecule has 2 fully saturated rings. The topological polar surface area (TPSA) is 42.0 Å². The molecule has 1 amide bonds. The molecule has 1 heterocycles. The van der Waals surface area contributed by atoms with Gasteiger partial charge in [0.05, 0.1) is 26.8 Å². The lowest BCUT2D eigenvalue weighted by molar-refractivity contribution is -0.133. The van der Waals surface area contributed by atoms with Crippen LogP contribution in [0.5, 0.6) is 11.5 Å². The van der Waals surface area contributed by atoms with Gasteiger partial charge in [-0.15, -0.1) is 0 Å². The maximum absolute atomic E-state index is 13.1. The molecule has 1 aliphatic carbocycles. The van der Waals surface area contributed by atoms with E-state index in [0.717, 1.165) is 36.4 Å². The van der Waals surface area contributed by atoms with Crippen molar-refractivity contribution >= 4 is 5.91 Å². The van der Waals surface area contributed by atoms with Crippen molar-refractivity contribution < 1.29 is 14.3 Å². The van der Waals surface area contributed by atoms with Crippen LogP contribution in [0.25, 0.3) is 0 Å². The van der Waals surface area contributed by atoms with Crippen LogP contribution in [0.2, 0.25) is 0 Å². The monoisotopic (exact) mass is 374 g/mol. The highest BCUT2D eigenvalue weighted by Gasteiger charge is 2.33. The van der Waals surface area contributed by atoms with Gasteiger partial charge in [0.15, 0.2) is 0 Å². The summed E-state index contributed by atoms with van der Waals surface area (Å²) in [5, 5.41) is 0. The summed E-state index contributed by atoms with van der Waals surface area (Å²) in [5.41, 5.74) is 1.06. The van der Waals surface area contributed by atoms with E-state index < -0.39 is 0 Å². The third-order valence-corrected chi connectivity index (χ3v) is 6.20. The maximum Gasteiger partial charge on any atom is 0.237 e. The Morgan fingerprint density at radius 1 is 1.07 bits per heavy atom. The first-order valence-corrected chi connectivity index (χ1v) is 10.4. The predicted octanol–water partition coefficient (Wildman–Crippen LogP) is 4.02. The minimum atomic E-state index is 0.0742. The zero-order chi connectivity index (χ0) is 19.2. The van der Waals surface area contributed by atoms with Crippen LogP contribution < -0.4 is 9.47 Å². The van der Waals surface area contributed by atoms with E-state index in [4.69, 9.17) is 9.47 Å². The number of carbonyl (C=O) groups is 1. The average Bonchev–Trinajstić information content (AvgIpc) is 3.02. The van der Waals surface area contributed by atoms with Gasteiger partial charge in [-0.3, -0.25) is 9.69 Å². The summed E-state index contributed by atoms with van der Waals surface area (Å²) in [6, 6.07) is 6.48. The summed E-state index contributed by atoms with van der Waals surface area (Å²) in [6.45, 7) is 1.33. The molecule has 5 heteroatoms. The van der Waals surface area contributed by atoms with E-state index >= 15 is 0 Å². The van der Waals surface area contributed by atoms with E-state index in [0.29, 0.717) is 12.6 Å². The van der Waals surface area contributed by atoms with Gasteiger partial charge in [-0.25, -0.2) is 0 Å². The molecule has 1 aromatic rings. The SMILES string of the molecule is COc1ccc(OC)c(C2CCCN2C(=O)CN(C)C2CCCCCC2)c1. The first kappa shape index (κ1) is 20.0. The van der Waals surface area contributed by atoms with Gasteiger partial charge in [0, 0.05) is 18.2 Å². The number of benzene rings is 1. The van der Waals surface area contributed by atoms with Crippen LogP contribution in [0.15, 0.2) is 18.2 Å². The normalized spacial score (nSPS) is 21.3. The Kier molecular flexibility index (Phi) is 7.00. The standard InChI is InChI=1S/C22H34N2O3/c1-23(17-9-6-4-5-7-10-17)16-22(25)24-14-8-11-20(24)19-15-18(26-2)12-13-21(19)27-3/h12-13,15,17,20H,4-11,14,16H2,1-3H3. The van der Waals surface area contributed by atoms with Crippen molar-refractivity contribution in [3.63, 3.8) is 0 Å². The lowest BCUT2D eigenvalue weighted by Crippen LogP contribution is -2.42. The third kappa shape index (κ3) is 4.75. The summed E-state index contributed by atoms with van der Waals surface area (Å²) in [7, 11) is 5.47. The fraction of sp³-hybridized carbons (Fsp3) is 0.682. The molecule has 1 saturated carbocycles. The van der Waals surface area contributed by atoms with E-state index in [9.17, 15) is 4.79 Å². The Labute approximate surface area is 163 Å². The molecule has 3 rings (SSSR count). The van der Waals surface area contributed by atoms with Gasteiger partial charge in [0.2, 0.25) is 5.91 Å².